The molecule has 0 radical (unpaired) electrons. The molecule has 1 atom stereocenters. The van der Waals surface area contributed by atoms with E-state index in [0.29, 0.717) is 12.1 Å². The predicted octanol–water partition coefficient (Wildman–Crippen LogP) is 3.20. The van der Waals surface area contributed by atoms with E-state index in [0.717, 1.165) is 16.9 Å². The van der Waals surface area contributed by atoms with Gasteiger partial charge in [-0.3, -0.25) is 4.79 Å². The van der Waals surface area contributed by atoms with Gasteiger partial charge in [0.1, 0.15) is 5.69 Å². The molecule has 0 aliphatic rings. The first-order valence-corrected chi connectivity index (χ1v) is 7.46. The van der Waals surface area contributed by atoms with Crippen LogP contribution in [0.25, 0.3) is 5.69 Å². The maximum Gasteiger partial charge on any atom is 0.433 e. The summed E-state index contributed by atoms with van der Waals surface area (Å²) in [7, 11) is 0. The van der Waals surface area contributed by atoms with Crippen LogP contribution in [0, 0.1) is 5.92 Å². The summed E-state index contributed by atoms with van der Waals surface area (Å²) in [6.07, 6.45) is -2.86. The summed E-state index contributed by atoms with van der Waals surface area (Å²) in [5.41, 5.74) is 5.64. The summed E-state index contributed by atoms with van der Waals surface area (Å²) >= 11 is 0. The van der Waals surface area contributed by atoms with Gasteiger partial charge in [0.05, 0.1) is 17.9 Å². The van der Waals surface area contributed by atoms with Crippen LogP contribution in [0.3, 0.4) is 0 Å². The lowest BCUT2D eigenvalue weighted by Gasteiger charge is -2.15. The van der Waals surface area contributed by atoms with Gasteiger partial charge in [-0.2, -0.15) is 18.3 Å². The highest BCUT2D eigenvalue weighted by molar-refractivity contribution is 5.94. The smallest absolute Gasteiger partial charge is 0.325 e. The first kappa shape index (κ1) is 18.0. The summed E-state index contributed by atoms with van der Waals surface area (Å²) in [5, 5.41) is 6.34. The van der Waals surface area contributed by atoms with Gasteiger partial charge in [-0.25, -0.2) is 4.68 Å². The Kier molecular flexibility index (Phi) is 5.28. The summed E-state index contributed by atoms with van der Waals surface area (Å²) in [6.45, 7) is 3.93. The monoisotopic (exact) mass is 340 g/mol. The van der Waals surface area contributed by atoms with E-state index in [1.165, 1.54) is 24.3 Å². The number of hydrogen-bond acceptors (Lipinski definition) is 3. The molecule has 0 saturated heterocycles. The highest BCUT2D eigenvalue weighted by Crippen LogP contribution is 2.30. The number of nitrogens with zero attached hydrogens (tertiary/aromatic N) is 2. The molecule has 1 aromatic carbocycles. The van der Waals surface area contributed by atoms with E-state index in [4.69, 9.17) is 5.73 Å². The third-order valence-corrected chi connectivity index (χ3v) is 3.37. The molecule has 1 heterocycles. The minimum absolute atomic E-state index is 0.247. The zero-order valence-corrected chi connectivity index (χ0v) is 13.3. The Morgan fingerprint density at radius 3 is 2.42 bits per heavy atom. The van der Waals surface area contributed by atoms with Crippen molar-refractivity contribution in [2.24, 2.45) is 11.7 Å². The van der Waals surface area contributed by atoms with Crippen LogP contribution in [0.2, 0.25) is 0 Å². The molecule has 130 valence electrons. The van der Waals surface area contributed by atoms with Crippen LogP contribution >= 0.6 is 0 Å². The lowest BCUT2D eigenvalue weighted by atomic mass is 10.0. The van der Waals surface area contributed by atoms with Gasteiger partial charge < -0.3 is 11.1 Å². The Morgan fingerprint density at radius 2 is 1.88 bits per heavy atom. The van der Waals surface area contributed by atoms with Crippen LogP contribution in [0.15, 0.2) is 36.5 Å². The fourth-order valence-electron chi connectivity index (χ4n) is 2.26. The first-order chi connectivity index (χ1) is 11.2. The van der Waals surface area contributed by atoms with Crippen LogP contribution in [0.1, 0.15) is 26.0 Å². The maximum absolute atomic E-state index is 12.9. The quantitative estimate of drug-likeness (QED) is 0.878. The fourth-order valence-corrected chi connectivity index (χ4v) is 2.26. The van der Waals surface area contributed by atoms with Crippen molar-refractivity contribution in [3.8, 4) is 5.69 Å². The molecule has 2 rings (SSSR count). The van der Waals surface area contributed by atoms with Gasteiger partial charge in [0, 0.05) is 5.69 Å². The number of halogens is 3. The van der Waals surface area contributed by atoms with E-state index >= 15 is 0 Å². The molecule has 0 fully saturated rings. The maximum atomic E-state index is 12.9. The SMILES string of the molecule is CC(C)C[C@H](N)C(=O)Nc1ccc(-n2nccc2C(F)(F)F)cc1. The summed E-state index contributed by atoms with van der Waals surface area (Å²) in [5.74, 6) is -0.0414. The Balaban J connectivity index is 2.12. The number of aromatic nitrogens is 2. The molecular weight excluding hydrogens is 321 g/mol. The van der Waals surface area contributed by atoms with Crippen LogP contribution in [0.4, 0.5) is 18.9 Å². The van der Waals surface area contributed by atoms with E-state index < -0.39 is 17.9 Å². The predicted molar refractivity (Wildman–Crippen MR) is 84.6 cm³/mol. The number of rotatable bonds is 5. The van der Waals surface area contributed by atoms with Crippen molar-refractivity contribution in [3.05, 3.63) is 42.2 Å². The van der Waals surface area contributed by atoms with E-state index in [-0.39, 0.29) is 17.5 Å². The molecule has 0 aliphatic carbocycles. The molecule has 0 aliphatic heterocycles. The average Bonchev–Trinajstić information content (AvgIpc) is 2.97. The van der Waals surface area contributed by atoms with Gasteiger partial charge >= 0.3 is 6.18 Å². The number of nitrogens with one attached hydrogen (secondary N) is 1. The zero-order valence-electron chi connectivity index (χ0n) is 13.3. The Hall–Kier alpha value is -2.35. The molecule has 0 spiro atoms. The summed E-state index contributed by atoms with van der Waals surface area (Å²) in [6, 6.07) is 6.19. The van der Waals surface area contributed by atoms with Gasteiger partial charge in [-0.1, -0.05) is 13.8 Å². The minimum Gasteiger partial charge on any atom is -0.325 e. The molecule has 0 bridgehead atoms. The molecule has 3 N–H and O–H groups in total. The van der Waals surface area contributed by atoms with Gasteiger partial charge in [0.25, 0.3) is 0 Å². The van der Waals surface area contributed by atoms with Crippen molar-refractivity contribution in [2.75, 3.05) is 5.32 Å². The van der Waals surface area contributed by atoms with Gasteiger partial charge in [-0.15, -0.1) is 0 Å². The molecule has 0 saturated carbocycles. The van der Waals surface area contributed by atoms with Gasteiger partial charge in [0.2, 0.25) is 5.91 Å². The van der Waals surface area contributed by atoms with Crippen molar-refractivity contribution in [1.82, 2.24) is 9.78 Å². The largest absolute Gasteiger partial charge is 0.433 e. The number of alkyl halides is 3. The van der Waals surface area contributed by atoms with Gasteiger partial charge in [-0.05, 0) is 42.7 Å². The van der Waals surface area contributed by atoms with Crippen LogP contribution in [-0.4, -0.2) is 21.7 Å². The molecule has 24 heavy (non-hydrogen) atoms. The molecular formula is C16H19F3N4O. The molecule has 0 unspecified atom stereocenters. The second-order valence-corrected chi connectivity index (χ2v) is 5.90. The highest BCUT2D eigenvalue weighted by Gasteiger charge is 2.35. The number of hydrogen-bond donors (Lipinski definition) is 2. The van der Waals surface area contributed by atoms with E-state index in [1.807, 2.05) is 13.8 Å². The molecule has 8 heteroatoms. The number of anilines is 1. The van der Waals surface area contributed by atoms with Crippen molar-refractivity contribution < 1.29 is 18.0 Å². The number of benzene rings is 1. The first-order valence-electron chi connectivity index (χ1n) is 7.46. The zero-order chi connectivity index (χ0) is 17.9. The Bertz CT molecular complexity index is 692. The molecule has 1 aromatic heterocycles. The minimum atomic E-state index is -4.49. The summed E-state index contributed by atoms with van der Waals surface area (Å²) in [4.78, 5) is 11.9. The van der Waals surface area contributed by atoms with Crippen molar-refractivity contribution >= 4 is 11.6 Å². The standard InChI is InChI=1S/C16H19F3N4O/c1-10(2)9-13(20)15(24)22-11-3-5-12(6-4-11)23-14(7-8-21-23)16(17,18)19/h3-8,10,13H,9,20H2,1-2H3,(H,22,24)/t13-/m0/s1. The lowest BCUT2D eigenvalue weighted by Crippen LogP contribution is -2.36. The van der Waals surface area contributed by atoms with Crippen LogP contribution < -0.4 is 11.1 Å². The van der Waals surface area contributed by atoms with Crippen molar-refractivity contribution in [2.45, 2.75) is 32.5 Å². The lowest BCUT2D eigenvalue weighted by molar-refractivity contribution is -0.142. The Morgan fingerprint density at radius 1 is 1.25 bits per heavy atom. The fraction of sp³-hybridized carbons (Fsp3) is 0.375. The van der Waals surface area contributed by atoms with Crippen molar-refractivity contribution in [3.63, 3.8) is 0 Å². The van der Waals surface area contributed by atoms with E-state index in [2.05, 4.69) is 10.4 Å². The third kappa shape index (κ3) is 4.35. The molecule has 5 nitrogen and oxygen atoms in total. The van der Waals surface area contributed by atoms with E-state index in [1.54, 1.807) is 0 Å². The summed E-state index contributed by atoms with van der Waals surface area (Å²) < 4.78 is 39.4. The highest BCUT2D eigenvalue weighted by atomic mass is 19.4. The van der Waals surface area contributed by atoms with Crippen molar-refractivity contribution in [1.29, 1.82) is 0 Å². The third-order valence-electron chi connectivity index (χ3n) is 3.37. The number of amides is 1. The molecule has 1 amide bonds. The van der Waals surface area contributed by atoms with Gasteiger partial charge in [0.15, 0.2) is 0 Å². The van der Waals surface area contributed by atoms with Crippen LogP contribution in [-0.2, 0) is 11.0 Å². The number of carbonyl (C=O) groups excluding carboxylic acids is 1. The molecule has 2 aromatic rings. The normalized spacial score (nSPS) is 13.1. The van der Waals surface area contributed by atoms with Crippen LogP contribution in [0.5, 0.6) is 0 Å². The average molecular weight is 340 g/mol. The second-order valence-electron chi connectivity index (χ2n) is 5.90. The second kappa shape index (κ2) is 7.04. The Labute approximate surface area is 137 Å². The topological polar surface area (TPSA) is 72.9 Å². The number of nitrogens with two attached hydrogens (primary N) is 1. The van der Waals surface area contributed by atoms with E-state index in [9.17, 15) is 18.0 Å². The number of carbonyl (C=O) groups is 1.